The van der Waals surface area contributed by atoms with E-state index >= 15 is 0 Å². The molecule has 0 bridgehead atoms. The number of amides is 1. The summed E-state index contributed by atoms with van der Waals surface area (Å²) < 4.78 is 6.15. The van der Waals surface area contributed by atoms with Gasteiger partial charge in [-0.05, 0) is 37.4 Å². The van der Waals surface area contributed by atoms with Crippen LogP contribution >= 0.6 is 35.3 Å². The summed E-state index contributed by atoms with van der Waals surface area (Å²) in [5.41, 5.74) is 0.629. The number of methoxy groups -OCH3 is 1. The lowest BCUT2D eigenvalue weighted by Crippen LogP contribution is -2.39. The highest BCUT2D eigenvalue weighted by Crippen LogP contribution is 2.33. The van der Waals surface area contributed by atoms with E-state index in [0.29, 0.717) is 24.0 Å². The van der Waals surface area contributed by atoms with Gasteiger partial charge in [-0.15, -0.1) is 12.4 Å². The molecule has 0 fully saturated rings. The Morgan fingerprint density at radius 2 is 1.91 bits per heavy atom. The highest BCUT2D eigenvalue weighted by molar-refractivity contribution is 7.22. The van der Waals surface area contributed by atoms with Crippen molar-refractivity contribution < 1.29 is 14.5 Å². The van der Waals surface area contributed by atoms with Crippen molar-refractivity contribution in [2.24, 2.45) is 0 Å². The van der Waals surface area contributed by atoms with E-state index in [4.69, 9.17) is 16.3 Å². The fourth-order valence-electron chi connectivity index (χ4n) is 3.14. The molecular formula is C21H24Cl2N4O4S. The lowest BCUT2D eigenvalue weighted by atomic mass is 10.1. The van der Waals surface area contributed by atoms with Crippen LogP contribution in [0.25, 0.3) is 10.2 Å². The number of aromatic nitrogens is 1. The number of thiazole rings is 1. The van der Waals surface area contributed by atoms with E-state index in [9.17, 15) is 14.9 Å². The zero-order chi connectivity index (χ0) is 22.5. The van der Waals surface area contributed by atoms with Crippen molar-refractivity contribution in [3.05, 3.63) is 57.1 Å². The van der Waals surface area contributed by atoms with Crippen molar-refractivity contribution in [1.82, 2.24) is 9.88 Å². The Morgan fingerprint density at radius 3 is 2.53 bits per heavy atom. The van der Waals surface area contributed by atoms with E-state index in [1.54, 1.807) is 12.0 Å². The first-order valence-corrected chi connectivity index (χ1v) is 11.0. The number of benzene rings is 2. The van der Waals surface area contributed by atoms with Crippen molar-refractivity contribution in [2.75, 3.05) is 38.2 Å². The van der Waals surface area contributed by atoms with E-state index in [1.165, 1.54) is 29.5 Å². The third-order valence-electron chi connectivity index (χ3n) is 4.99. The van der Waals surface area contributed by atoms with Gasteiger partial charge in [0.1, 0.15) is 5.75 Å². The number of hydrogen-bond donors (Lipinski definition) is 0. The van der Waals surface area contributed by atoms with Gasteiger partial charge in [-0.3, -0.25) is 19.8 Å². The molecule has 2 aromatic carbocycles. The standard InChI is InChI=1S/C21H23ClN4O4S.ClH/c1-4-24(5-2)10-11-25(20(27)16-12-14(26(28)29)6-8-17(16)22)21-23-18-9-7-15(30-3)13-19(18)31-21;/h6-9,12-13H,4-5,10-11H2,1-3H3;1H. The van der Waals surface area contributed by atoms with Crippen LogP contribution in [0.5, 0.6) is 5.75 Å². The van der Waals surface area contributed by atoms with Gasteiger partial charge in [0.25, 0.3) is 11.6 Å². The van der Waals surface area contributed by atoms with Crippen LogP contribution in [0.3, 0.4) is 0 Å². The SMILES string of the molecule is CCN(CC)CCN(C(=O)c1cc([N+](=O)[O-])ccc1Cl)c1nc2ccc(OC)cc2s1.Cl. The number of fused-ring (bicyclic) bond motifs is 1. The first-order chi connectivity index (χ1) is 14.9. The van der Waals surface area contributed by atoms with Crippen LogP contribution in [0.1, 0.15) is 24.2 Å². The Hall–Kier alpha value is -2.46. The third-order valence-corrected chi connectivity index (χ3v) is 6.36. The Bertz CT molecular complexity index is 1100. The van der Waals surface area contributed by atoms with Gasteiger partial charge in [-0.25, -0.2) is 4.98 Å². The molecule has 0 aliphatic heterocycles. The van der Waals surface area contributed by atoms with E-state index in [1.807, 2.05) is 18.2 Å². The third kappa shape index (κ3) is 5.66. The Balaban J connectivity index is 0.00000363. The summed E-state index contributed by atoms with van der Waals surface area (Å²) in [6, 6.07) is 9.38. The molecule has 0 atom stereocenters. The summed E-state index contributed by atoms with van der Waals surface area (Å²) >= 11 is 7.61. The Morgan fingerprint density at radius 1 is 1.19 bits per heavy atom. The second kappa shape index (κ2) is 11.4. The first-order valence-electron chi connectivity index (χ1n) is 9.80. The summed E-state index contributed by atoms with van der Waals surface area (Å²) in [6.45, 7) is 6.79. The summed E-state index contributed by atoms with van der Waals surface area (Å²) in [6.07, 6.45) is 0. The fourth-order valence-corrected chi connectivity index (χ4v) is 4.35. The molecule has 0 radical (unpaired) electrons. The summed E-state index contributed by atoms with van der Waals surface area (Å²) in [5, 5.41) is 11.9. The predicted molar refractivity (Wildman–Crippen MR) is 131 cm³/mol. The minimum atomic E-state index is -0.544. The lowest BCUT2D eigenvalue weighted by molar-refractivity contribution is -0.384. The van der Waals surface area contributed by atoms with E-state index in [-0.39, 0.29) is 28.7 Å². The molecule has 1 aromatic heterocycles. The average Bonchev–Trinajstić information content (AvgIpc) is 3.19. The Labute approximate surface area is 201 Å². The number of nitro groups is 1. The molecule has 8 nitrogen and oxygen atoms in total. The van der Waals surface area contributed by atoms with Crippen LogP contribution in [0.15, 0.2) is 36.4 Å². The smallest absolute Gasteiger partial charge is 0.270 e. The number of rotatable bonds is 9. The summed E-state index contributed by atoms with van der Waals surface area (Å²) in [5.74, 6) is 0.275. The number of likely N-dealkylation sites (N-methyl/N-ethyl adjacent to an activating group) is 1. The van der Waals surface area contributed by atoms with Gasteiger partial charge in [-0.2, -0.15) is 0 Å². The molecule has 1 heterocycles. The molecule has 0 aliphatic carbocycles. The zero-order valence-electron chi connectivity index (χ0n) is 17.9. The largest absolute Gasteiger partial charge is 0.497 e. The number of halogens is 2. The number of nitro benzene ring substituents is 1. The average molecular weight is 499 g/mol. The van der Waals surface area contributed by atoms with Gasteiger partial charge < -0.3 is 9.64 Å². The number of hydrogen-bond acceptors (Lipinski definition) is 7. The molecule has 0 saturated heterocycles. The molecule has 32 heavy (non-hydrogen) atoms. The normalized spacial score (nSPS) is 10.8. The summed E-state index contributed by atoms with van der Waals surface area (Å²) in [4.78, 5) is 32.5. The molecule has 3 aromatic rings. The number of ether oxygens (including phenoxy) is 1. The van der Waals surface area contributed by atoms with Crippen molar-refractivity contribution in [3.63, 3.8) is 0 Å². The maximum Gasteiger partial charge on any atom is 0.270 e. The Kier molecular flexibility index (Phi) is 9.21. The van der Waals surface area contributed by atoms with Gasteiger partial charge in [-0.1, -0.05) is 36.8 Å². The van der Waals surface area contributed by atoms with Crippen molar-refractivity contribution >= 4 is 62.3 Å². The van der Waals surface area contributed by atoms with Crippen LogP contribution in [0, 0.1) is 10.1 Å². The number of non-ortho nitro benzene ring substituents is 1. The molecule has 172 valence electrons. The van der Waals surface area contributed by atoms with Crippen molar-refractivity contribution in [2.45, 2.75) is 13.8 Å². The van der Waals surface area contributed by atoms with Crippen LogP contribution in [-0.2, 0) is 0 Å². The minimum absolute atomic E-state index is 0. The number of anilines is 1. The highest BCUT2D eigenvalue weighted by Gasteiger charge is 2.25. The maximum absolute atomic E-state index is 13.5. The number of carbonyl (C=O) groups is 1. The van der Waals surface area contributed by atoms with Crippen LogP contribution in [0.4, 0.5) is 10.8 Å². The highest BCUT2D eigenvalue weighted by atomic mass is 35.5. The zero-order valence-corrected chi connectivity index (χ0v) is 20.3. The second-order valence-electron chi connectivity index (χ2n) is 6.74. The maximum atomic E-state index is 13.5. The van der Waals surface area contributed by atoms with E-state index in [2.05, 4.69) is 23.7 Å². The first kappa shape index (κ1) is 25.8. The molecule has 0 spiro atoms. The topological polar surface area (TPSA) is 88.8 Å². The molecular weight excluding hydrogens is 475 g/mol. The second-order valence-corrected chi connectivity index (χ2v) is 8.15. The van der Waals surface area contributed by atoms with Crippen molar-refractivity contribution in [1.29, 1.82) is 0 Å². The summed E-state index contributed by atoms with van der Waals surface area (Å²) in [7, 11) is 1.59. The number of nitrogens with zero attached hydrogens (tertiary/aromatic N) is 4. The van der Waals surface area contributed by atoms with Gasteiger partial charge in [0.05, 0.1) is 32.8 Å². The molecule has 0 N–H and O–H groups in total. The van der Waals surface area contributed by atoms with Crippen LogP contribution in [0.2, 0.25) is 5.02 Å². The van der Waals surface area contributed by atoms with Crippen LogP contribution < -0.4 is 9.64 Å². The monoisotopic (exact) mass is 498 g/mol. The van der Waals surface area contributed by atoms with Crippen LogP contribution in [-0.4, -0.2) is 54.0 Å². The molecule has 11 heteroatoms. The minimum Gasteiger partial charge on any atom is -0.497 e. The molecule has 1 amide bonds. The van der Waals surface area contributed by atoms with E-state index < -0.39 is 10.8 Å². The van der Waals surface area contributed by atoms with Gasteiger partial charge in [0, 0.05) is 25.2 Å². The van der Waals surface area contributed by atoms with Crippen molar-refractivity contribution in [3.8, 4) is 5.75 Å². The van der Waals surface area contributed by atoms with Gasteiger partial charge in [0.15, 0.2) is 5.13 Å². The lowest BCUT2D eigenvalue weighted by Gasteiger charge is -2.25. The van der Waals surface area contributed by atoms with E-state index in [0.717, 1.165) is 23.3 Å². The van der Waals surface area contributed by atoms with Gasteiger partial charge in [0.2, 0.25) is 0 Å². The quantitative estimate of drug-likeness (QED) is 0.294. The molecule has 0 unspecified atom stereocenters. The van der Waals surface area contributed by atoms with Gasteiger partial charge >= 0.3 is 0 Å². The molecule has 3 rings (SSSR count). The molecule has 0 saturated carbocycles. The predicted octanol–water partition coefficient (Wildman–Crippen LogP) is 5.28. The fraction of sp³-hybridized carbons (Fsp3) is 0.333. The molecule has 0 aliphatic rings. The number of carbonyl (C=O) groups excluding carboxylic acids is 1.